The van der Waals surface area contributed by atoms with Gasteiger partial charge in [-0.1, -0.05) is 90.0 Å². The molecular formula is C34H23Cl2NO4. The van der Waals surface area contributed by atoms with Gasteiger partial charge in [0.2, 0.25) is 0 Å². The number of ether oxygens (including phenoxy) is 1. The van der Waals surface area contributed by atoms with Crippen LogP contribution in [0.15, 0.2) is 97.1 Å². The number of nitrogens with zero attached hydrogens (tertiary/aromatic N) is 1. The molecule has 41 heavy (non-hydrogen) atoms. The Labute approximate surface area is 247 Å². The van der Waals surface area contributed by atoms with Crippen LogP contribution in [0, 0.1) is 5.41 Å². The van der Waals surface area contributed by atoms with Crippen LogP contribution in [0.3, 0.4) is 0 Å². The molecule has 1 spiro atoms. The summed E-state index contributed by atoms with van der Waals surface area (Å²) in [7, 11) is 1.54. The van der Waals surface area contributed by atoms with E-state index in [2.05, 4.69) is 0 Å². The molecule has 0 N–H and O–H groups in total. The summed E-state index contributed by atoms with van der Waals surface area (Å²) >= 11 is 13.2. The maximum absolute atomic E-state index is 14.8. The van der Waals surface area contributed by atoms with Gasteiger partial charge in [-0.3, -0.25) is 14.4 Å². The standard InChI is InChI=1S/C34H23Cl2NO4/c1-41-22-8-6-7-20(18-22)31(38)30-29(25-11-4-5-12-26(25)36)34(32(39)23-9-2-3-10-24(23)33(34)40)28-16-13-19-17-21(35)14-15-27(19)37(28)30/h2-18,28-30H,1H3/t28?,29-,30+/m0/s1. The molecule has 0 amide bonds. The first-order chi connectivity index (χ1) is 19.9. The van der Waals surface area contributed by atoms with E-state index < -0.39 is 23.4 Å². The van der Waals surface area contributed by atoms with Crippen LogP contribution < -0.4 is 9.64 Å². The number of methoxy groups -OCH3 is 1. The molecule has 0 aromatic heterocycles. The van der Waals surface area contributed by atoms with Crippen LogP contribution >= 0.6 is 23.2 Å². The van der Waals surface area contributed by atoms with E-state index in [1.807, 2.05) is 41.3 Å². The number of halogens is 2. The Bertz CT molecular complexity index is 1780. The maximum atomic E-state index is 14.8. The van der Waals surface area contributed by atoms with Crippen molar-refractivity contribution in [3.63, 3.8) is 0 Å². The van der Waals surface area contributed by atoms with Crippen molar-refractivity contribution in [2.45, 2.75) is 18.0 Å². The van der Waals surface area contributed by atoms with Gasteiger partial charge in [0, 0.05) is 38.3 Å². The topological polar surface area (TPSA) is 63.7 Å². The Morgan fingerprint density at radius 3 is 2.27 bits per heavy atom. The SMILES string of the molecule is COc1cccc(C(=O)[C@H]2[C@H](c3ccccc3Cl)C3(C(=O)c4ccccc4C3=O)C3C=Cc4cc(Cl)ccc4N32)c1. The third kappa shape index (κ3) is 3.52. The van der Waals surface area contributed by atoms with Crippen molar-refractivity contribution in [3.05, 3.63) is 135 Å². The number of carbonyl (C=O) groups is 3. The molecule has 0 bridgehead atoms. The van der Waals surface area contributed by atoms with Gasteiger partial charge in [-0.2, -0.15) is 0 Å². The Balaban J connectivity index is 1.56. The second kappa shape index (κ2) is 9.44. The van der Waals surface area contributed by atoms with Gasteiger partial charge in [0.1, 0.15) is 17.2 Å². The van der Waals surface area contributed by atoms with E-state index in [9.17, 15) is 14.4 Å². The molecule has 1 fully saturated rings. The summed E-state index contributed by atoms with van der Waals surface area (Å²) in [6.07, 6.45) is 3.75. The molecule has 1 saturated heterocycles. The number of hydrogen-bond acceptors (Lipinski definition) is 5. The highest BCUT2D eigenvalue weighted by atomic mass is 35.5. The lowest BCUT2D eigenvalue weighted by Gasteiger charge is -2.37. The first-order valence-corrected chi connectivity index (χ1v) is 14.0. The number of benzene rings is 4. The zero-order chi connectivity index (χ0) is 28.5. The van der Waals surface area contributed by atoms with Gasteiger partial charge in [-0.25, -0.2) is 0 Å². The second-order valence-electron chi connectivity index (χ2n) is 10.5. The quantitative estimate of drug-likeness (QED) is 0.187. The first kappa shape index (κ1) is 25.8. The predicted molar refractivity (Wildman–Crippen MR) is 160 cm³/mol. The predicted octanol–water partition coefficient (Wildman–Crippen LogP) is 7.32. The zero-order valence-electron chi connectivity index (χ0n) is 21.9. The molecule has 7 heteroatoms. The van der Waals surface area contributed by atoms with Gasteiger partial charge in [0.15, 0.2) is 17.3 Å². The number of anilines is 1. The van der Waals surface area contributed by atoms with Crippen molar-refractivity contribution in [2.24, 2.45) is 5.41 Å². The molecule has 202 valence electrons. The van der Waals surface area contributed by atoms with Crippen molar-refractivity contribution in [1.29, 1.82) is 0 Å². The maximum Gasteiger partial charge on any atom is 0.186 e. The summed E-state index contributed by atoms with van der Waals surface area (Å²) in [4.78, 5) is 46.0. The fraction of sp³-hybridized carbons (Fsp3) is 0.147. The largest absolute Gasteiger partial charge is 0.497 e. The number of Topliss-reactive ketones (excluding diaryl/α,β-unsaturated/α-hetero) is 3. The van der Waals surface area contributed by atoms with E-state index in [0.717, 1.165) is 5.56 Å². The monoisotopic (exact) mass is 579 g/mol. The van der Waals surface area contributed by atoms with Crippen molar-refractivity contribution < 1.29 is 19.1 Å². The van der Waals surface area contributed by atoms with E-state index in [1.165, 1.54) is 0 Å². The van der Waals surface area contributed by atoms with Gasteiger partial charge in [-0.05, 0) is 47.5 Å². The molecule has 1 unspecified atom stereocenters. The highest BCUT2D eigenvalue weighted by molar-refractivity contribution is 6.34. The summed E-state index contributed by atoms with van der Waals surface area (Å²) in [5, 5.41) is 0.927. The number of rotatable bonds is 4. The van der Waals surface area contributed by atoms with Crippen molar-refractivity contribution in [3.8, 4) is 5.75 Å². The Morgan fingerprint density at radius 1 is 0.854 bits per heavy atom. The van der Waals surface area contributed by atoms with Crippen LogP contribution in [0.2, 0.25) is 10.0 Å². The average Bonchev–Trinajstić information content (AvgIpc) is 3.43. The molecule has 5 nitrogen and oxygen atoms in total. The molecule has 3 aliphatic rings. The van der Waals surface area contributed by atoms with E-state index in [0.29, 0.717) is 43.7 Å². The van der Waals surface area contributed by atoms with Gasteiger partial charge in [0.25, 0.3) is 0 Å². The number of ketones is 3. The third-order valence-electron chi connectivity index (χ3n) is 8.63. The molecule has 3 atom stereocenters. The number of fused-ring (bicyclic) bond motifs is 5. The molecule has 2 aliphatic heterocycles. The van der Waals surface area contributed by atoms with Crippen molar-refractivity contribution in [1.82, 2.24) is 0 Å². The van der Waals surface area contributed by atoms with E-state index in [1.54, 1.807) is 73.8 Å². The van der Waals surface area contributed by atoms with Gasteiger partial charge in [-0.15, -0.1) is 0 Å². The molecule has 0 radical (unpaired) electrons. The van der Waals surface area contributed by atoms with Crippen molar-refractivity contribution in [2.75, 3.05) is 12.0 Å². The molecule has 1 aliphatic carbocycles. The summed E-state index contributed by atoms with van der Waals surface area (Å²) in [5.41, 5.74) is 1.59. The minimum atomic E-state index is -1.62. The Morgan fingerprint density at radius 2 is 1.56 bits per heavy atom. The summed E-state index contributed by atoms with van der Waals surface area (Å²) in [6, 6.07) is 24.7. The fourth-order valence-corrected chi connectivity index (χ4v) is 7.40. The molecule has 7 rings (SSSR count). The average molecular weight is 580 g/mol. The van der Waals surface area contributed by atoms with Crippen LogP contribution in [-0.2, 0) is 0 Å². The number of carbonyl (C=O) groups excluding carboxylic acids is 3. The molecule has 2 heterocycles. The van der Waals surface area contributed by atoms with Crippen LogP contribution in [0.4, 0.5) is 5.69 Å². The van der Waals surface area contributed by atoms with E-state index >= 15 is 0 Å². The zero-order valence-corrected chi connectivity index (χ0v) is 23.4. The Kier molecular flexibility index (Phi) is 5.93. The van der Waals surface area contributed by atoms with Crippen LogP contribution in [0.1, 0.15) is 48.1 Å². The van der Waals surface area contributed by atoms with Crippen LogP contribution in [-0.4, -0.2) is 36.5 Å². The first-order valence-electron chi connectivity index (χ1n) is 13.3. The minimum Gasteiger partial charge on any atom is -0.497 e. The highest BCUT2D eigenvalue weighted by Crippen LogP contribution is 2.61. The summed E-state index contributed by atoms with van der Waals surface area (Å²) in [5.74, 6) is -1.22. The minimum absolute atomic E-state index is 0.247. The van der Waals surface area contributed by atoms with E-state index in [-0.39, 0.29) is 17.3 Å². The lowest BCUT2D eigenvalue weighted by molar-refractivity contribution is 0.0666. The van der Waals surface area contributed by atoms with Crippen LogP contribution in [0.25, 0.3) is 6.08 Å². The van der Waals surface area contributed by atoms with Gasteiger partial charge in [0.05, 0.1) is 13.2 Å². The fourth-order valence-electron chi connectivity index (χ4n) is 6.97. The lowest BCUT2D eigenvalue weighted by atomic mass is 9.64. The second-order valence-corrected chi connectivity index (χ2v) is 11.4. The normalized spacial score (nSPS) is 21.5. The highest BCUT2D eigenvalue weighted by Gasteiger charge is 2.71. The lowest BCUT2D eigenvalue weighted by Crippen LogP contribution is -2.48. The summed E-state index contributed by atoms with van der Waals surface area (Å²) in [6.45, 7) is 0. The molecule has 4 aromatic rings. The smallest absolute Gasteiger partial charge is 0.186 e. The summed E-state index contributed by atoms with van der Waals surface area (Å²) < 4.78 is 5.42. The molecule has 4 aromatic carbocycles. The van der Waals surface area contributed by atoms with Gasteiger partial charge < -0.3 is 9.64 Å². The third-order valence-corrected chi connectivity index (χ3v) is 9.21. The number of hydrogen-bond donors (Lipinski definition) is 0. The Hall–Kier alpha value is -4.19. The molecular weight excluding hydrogens is 557 g/mol. The van der Waals surface area contributed by atoms with Crippen LogP contribution in [0.5, 0.6) is 5.75 Å². The molecule has 0 saturated carbocycles. The van der Waals surface area contributed by atoms with Gasteiger partial charge >= 0.3 is 0 Å². The van der Waals surface area contributed by atoms with Crippen molar-refractivity contribution >= 4 is 52.3 Å². The van der Waals surface area contributed by atoms with E-state index in [4.69, 9.17) is 27.9 Å².